The van der Waals surface area contributed by atoms with E-state index in [9.17, 15) is 13.2 Å². The third kappa shape index (κ3) is 4.74. The number of anilines is 2. The molecule has 0 aliphatic heterocycles. The third-order valence-electron chi connectivity index (χ3n) is 2.26. The van der Waals surface area contributed by atoms with Gasteiger partial charge in [-0.15, -0.1) is 0 Å². The summed E-state index contributed by atoms with van der Waals surface area (Å²) in [5.74, 6) is -0.380. The van der Waals surface area contributed by atoms with Crippen LogP contribution in [0.3, 0.4) is 0 Å². The van der Waals surface area contributed by atoms with Crippen LogP contribution in [0.1, 0.15) is 17.4 Å². The number of ether oxygens (including phenoxy) is 1. The Kier molecular flexibility index (Phi) is 4.71. The first-order chi connectivity index (χ1) is 8.73. The fraction of sp³-hybridized carbons (Fsp3) is 0.455. The van der Waals surface area contributed by atoms with Crippen LogP contribution in [0.4, 0.5) is 11.5 Å². The minimum Gasteiger partial charge on any atom is -0.464 e. The molecule has 1 heterocycles. The van der Waals surface area contributed by atoms with Gasteiger partial charge in [0.15, 0.2) is 5.69 Å². The van der Waals surface area contributed by atoms with Crippen molar-refractivity contribution in [3.05, 3.63) is 17.8 Å². The van der Waals surface area contributed by atoms with E-state index in [1.165, 1.54) is 19.2 Å². The molecule has 1 aromatic rings. The van der Waals surface area contributed by atoms with Crippen molar-refractivity contribution in [2.75, 3.05) is 30.2 Å². The summed E-state index contributed by atoms with van der Waals surface area (Å²) >= 11 is 0. The maximum absolute atomic E-state index is 11.3. The van der Waals surface area contributed by atoms with Crippen LogP contribution in [-0.2, 0) is 14.6 Å². The predicted molar refractivity (Wildman–Crippen MR) is 72.8 cm³/mol. The number of rotatable bonds is 5. The van der Waals surface area contributed by atoms with Gasteiger partial charge in [-0.1, -0.05) is 0 Å². The maximum Gasteiger partial charge on any atom is 0.356 e. The highest BCUT2D eigenvalue weighted by Gasteiger charge is 2.14. The van der Waals surface area contributed by atoms with E-state index in [0.29, 0.717) is 5.69 Å². The zero-order valence-electron chi connectivity index (χ0n) is 11.0. The average molecular weight is 287 g/mol. The number of carbonyl (C=O) groups excluding carboxylic acids is 1. The molecular formula is C11H17N3O4S. The lowest BCUT2D eigenvalue weighted by molar-refractivity contribution is 0.0594. The molecule has 19 heavy (non-hydrogen) atoms. The minimum atomic E-state index is -3.11. The number of nitrogen functional groups attached to an aromatic ring is 1. The van der Waals surface area contributed by atoms with E-state index in [1.807, 2.05) is 0 Å². The highest BCUT2D eigenvalue weighted by molar-refractivity contribution is 7.90. The molecule has 8 heteroatoms. The number of hydrogen-bond donors (Lipinski definition) is 2. The van der Waals surface area contributed by atoms with Gasteiger partial charge in [0.25, 0.3) is 0 Å². The Labute approximate surface area is 112 Å². The van der Waals surface area contributed by atoms with Crippen LogP contribution in [0.15, 0.2) is 12.1 Å². The first kappa shape index (κ1) is 15.2. The standard InChI is InChI=1S/C11H17N3O4S/c1-7(6-19(3,16)17)13-10-8(12)4-5-9(14-10)11(15)18-2/h4-5,7H,6,12H2,1-3H3,(H,13,14). The number of sulfone groups is 1. The fourth-order valence-corrected chi connectivity index (χ4v) is 2.52. The summed E-state index contributed by atoms with van der Waals surface area (Å²) in [7, 11) is -1.86. The first-order valence-electron chi connectivity index (χ1n) is 5.52. The molecule has 3 N–H and O–H groups in total. The number of nitrogens with two attached hydrogens (primary N) is 1. The highest BCUT2D eigenvalue weighted by atomic mass is 32.2. The largest absolute Gasteiger partial charge is 0.464 e. The number of esters is 1. The highest BCUT2D eigenvalue weighted by Crippen LogP contribution is 2.17. The molecule has 0 saturated heterocycles. The molecule has 0 bridgehead atoms. The Bertz CT molecular complexity index is 571. The summed E-state index contributed by atoms with van der Waals surface area (Å²) in [6, 6.07) is 2.57. The van der Waals surface area contributed by atoms with E-state index in [1.54, 1.807) is 6.92 Å². The Hall–Kier alpha value is -1.83. The van der Waals surface area contributed by atoms with Gasteiger partial charge in [-0.3, -0.25) is 0 Å². The van der Waals surface area contributed by atoms with Crippen molar-refractivity contribution in [1.82, 2.24) is 4.98 Å². The molecule has 1 aromatic heterocycles. The molecule has 1 unspecified atom stereocenters. The maximum atomic E-state index is 11.3. The van der Waals surface area contributed by atoms with Gasteiger partial charge >= 0.3 is 5.97 Å². The van der Waals surface area contributed by atoms with Gasteiger partial charge in [-0.2, -0.15) is 0 Å². The normalized spacial score (nSPS) is 12.8. The fourth-order valence-electron chi connectivity index (χ4n) is 1.53. The van der Waals surface area contributed by atoms with Crippen LogP contribution in [0, 0.1) is 0 Å². The molecule has 1 atom stereocenters. The smallest absolute Gasteiger partial charge is 0.356 e. The van der Waals surface area contributed by atoms with E-state index in [0.717, 1.165) is 6.26 Å². The molecule has 0 aliphatic carbocycles. The summed E-state index contributed by atoms with van der Waals surface area (Å²) in [5, 5.41) is 2.86. The van der Waals surface area contributed by atoms with Gasteiger partial charge in [0, 0.05) is 12.3 Å². The van der Waals surface area contributed by atoms with E-state index in [4.69, 9.17) is 5.73 Å². The van der Waals surface area contributed by atoms with Crippen molar-refractivity contribution >= 4 is 27.3 Å². The van der Waals surface area contributed by atoms with Crippen molar-refractivity contribution in [3.63, 3.8) is 0 Å². The Balaban J connectivity index is 2.91. The zero-order chi connectivity index (χ0) is 14.6. The van der Waals surface area contributed by atoms with E-state index in [-0.39, 0.29) is 23.3 Å². The van der Waals surface area contributed by atoms with E-state index < -0.39 is 15.8 Å². The molecule has 0 spiro atoms. The summed E-state index contributed by atoms with van der Waals surface area (Å²) in [6.07, 6.45) is 1.15. The molecule has 0 aliphatic rings. The molecule has 0 aromatic carbocycles. The number of hydrogen-bond acceptors (Lipinski definition) is 7. The van der Waals surface area contributed by atoms with Crippen molar-refractivity contribution in [3.8, 4) is 0 Å². The lowest BCUT2D eigenvalue weighted by Gasteiger charge is -2.15. The SMILES string of the molecule is COC(=O)c1ccc(N)c(NC(C)CS(C)(=O)=O)n1. The Morgan fingerprint density at radius 1 is 1.53 bits per heavy atom. The summed E-state index contributed by atoms with van der Waals surface area (Å²) in [4.78, 5) is 15.3. The predicted octanol–water partition coefficient (Wildman–Crippen LogP) is 0.295. The topological polar surface area (TPSA) is 111 Å². The lowest BCUT2D eigenvalue weighted by atomic mass is 10.3. The van der Waals surface area contributed by atoms with Crippen molar-refractivity contribution < 1.29 is 17.9 Å². The third-order valence-corrected chi connectivity index (χ3v) is 3.36. The Morgan fingerprint density at radius 3 is 2.68 bits per heavy atom. The summed E-state index contributed by atoms with van der Waals surface area (Å²) in [5.41, 5.74) is 6.15. The van der Waals surface area contributed by atoms with Crippen molar-refractivity contribution in [1.29, 1.82) is 0 Å². The molecule has 0 amide bonds. The molecule has 0 fully saturated rings. The number of aromatic nitrogens is 1. The van der Waals surface area contributed by atoms with Gasteiger partial charge < -0.3 is 15.8 Å². The lowest BCUT2D eigenvalue weighted by Crippen LogP contribution is -2.26. The summed E-state index contributed by atoms with van der Waals surface area (Å²) in [6.45, 7) is 1.69. The van der Waals surface area contributed by atoms with Gasteiger partial charge in [0.05, 0.1) is 18.6 Å². The number of nitrogens with one attached hydrogen (secondary N) is 1. The second-order valence-electron chi connectivity index (χ2n) is 4.26. The van der Waals surface area contributed by atoms with Crippen LogP contribution in [0.25, 0.3) is 0 Å². The minimum absolute atomic E-state index is 0.0590. The number of nitrogens with zero attached hydrogens (tertiary/aromatic N) is 1. The molecule has 7 nitrogen and oxygen atoms in total. The van der Waals surface area contributed by atoms with Crippen LogP contribution < -0.4 is 11.1 Å². The molecule has 0 radical (unpaired) electrons. The van der Waals surface area contributed by atoms with Crippen LogP contribution in [-0.4, -0.2) is 44.5 Å². The van der Waals surface area contributed by atoms with Gasteiger partial charge in [0.1, 0.15) is 15.7 Å². The first-order valence-corrected chi connectivity index (χ1v) is 7.58. The average Bonchev–Trinajstić information content (AvgIpc) is 2.28. The van der Waals surface area contributed by atoms with E-state index in [2.05, 4.69) is 15.0 Å². The van der Waals surface area contributed by atoms with Crippen LogP contribution in [0.2, 0.25) is 0 Å². The quantitative estimate of drug-likeness (QED) is 0.749. The molecule has 106 valence electrons. The molecule has 1 rings (SSSR count). The van der Waals surface area contributed by atoms with Crippen molar-refractivity contribution in [2.24, 2.45) is 0 Å². The Morgan fingerprint density at radius 2 is 2.16 bits per heavy atom. The van der Waals surface area contributed by atoms with E-state index >= 15 is 0 Å². The zero-order valence-corrected chi connectivity index (χ0v) is 11.8. The van der Waals surface area contributed by atoms with Crippen LogP contribution >= 0.6 is 0 Å². The molecule has 0 saturated carbocycles. The number of carbonyl (C=O) groups is 1. The second-order valence-corrected chi connectivity index (χ2v) is 6.45. The second kappa shape index (κ2) is 5.87. The number of methoxy groups -OCH3 is 1. The van der Waals surface area contributed by atoms with Crippen LogP contribution in [0.5, 0.6) is 0 Å². The number of pyridine rings is 1. The summed E-state index contributed by atoms with van der Waals surface area (Å²) < 4.78 is 26.9. The van der Waals surface area contributed by atoms with Gasteiger partial charge in [-0.25, -0.2) is 18.2 Å². The molecular weight excluding hydrogens is 270 g/mol. The van der Waals surface area contributed by atoms with Gasteiger partial charge in [-0.05, 0) is 19.1 Å². The monoisotopic (exact) mass is 287 g/mol. The van der Waals surface area contributed by atoms with Gasteiger partial charge in [0.2, 0.25) is 0 Å². The van der Waals surface area contributed by atoms with Crippen molar-refractivity contribution in [2.45, 2.75) is 13.0 Å².